The predicted octanol–water partition coefficient (Wildman–Crippen LogP) is 3.35. The fourth-order valence-corrected chi connectivity index (χ4v) is 2.04. The van der Waals surface area contributed by atoms with E-state index in [1.165, 1.54) is 24.1 Å². The summed E-state index contributed by atoms with van der Waals surface area (Å²) in [7, 11) is 0. The van der Waals surface area contributed by atoms with Crippen molar-refractivity contribution in [1.29, 1.82) is 5.26 Å². The lowest BCUT2D eigenvalue weighted by Crippen LogP contribution is -2.15. The van der Waals surface area contributed by atoms with Gasteiger partial charge in [-0.25, -0.2) is 0 Å². The Labute approximate surface area is 97.3 Å². The molecule has 1 saturated carbocycles. The van der Waals surface area contributed by atoms with Gasteiger partial charge in [-0.2, -0.15) is 5.26 Å². The number of aryl methyl sites for hydroxylation is 1. The van der Waals surface area contributed by atoms with Gasteiger partial charge in [-0.1, -0.05) is 25.1 Å². The van der Waals surface area contributed by atoms with Gasteiger partial charge in [-0.3, -0.25) is 0 Å². The fraction of sp³-hybridized carbons (Fsp3) is 0.500. The minimum absolute atomic E-state index is 0.273. The molecule has 0 atom stereocenters. The first-order chi connectivity index (χ1) is 7.79. The molecule has 0 saturated heterocycles. The van der Waals surface area contributed by atoms with Crippen molar-refractivity contribution in [1.82, 2.24) is 0 Å². The van der Waals surface area contributed by atoms with Gasteiger partial charge in [0.25, 0.3) is 0 Å². The summed E-state index contributed by atoms with van der Waals surface area (Å²) in [5.74, 6) is 0. The standard InChI is InChI=1S/C14H18N2/c1-2-12-5-3-4-6-13(12)16-11-14(7-8-14)9-10-15/h3-6,16H,2,7-9,11H2,1H3. The Balaban J connectivity index is 1.97. The van der Waals surface area contributed by atoms with Gasteiger partial charge in [0.2, 0.25) is 0 Å². The number of benzene rings is 1. The zero-order valence-corrected chi connectivity index (χ0v) is 9.79. The van der Waals surface area contributed by atoms with E-state index in [1.807, 2.05) is 0 Å². The third-order valence-corrected chi connectivity index (χ3v) is 3.46. The van der Waals surface area contributed by atoms with E-state index < -0.39 is 0 Å². The molecule has 84 valence electrons. The van der Waals surface area contributed by atoms with Crippen molar-refractivity contribution in [2.75, 3.05) is 11.9 Å². The number of nitrogens with zero attached hydrogens (tertiary/aromatic N) is 1. The van der Waals surface area contributed by atoms with Crippen LogP contribution in [0.25, 0.3) is 0 Å². The van der Waals surface area contributed by atoms with Crippen molar-refractivity contribution in [2.45, 2.75) is 32.6 Å². The molecule has 0 aromatic heterocycles. The molecule has 0 radical (unpaired) electrons. The molecule has 2 rings (SSSR count). The Morgan fingerprint density at radius 3 is 2.75 bits per heavy atom. The van der Waals surface area contributed by atoms with Crippen LogP contribution in [0.4, 0.5) is 5.69 Å². The molecule has 0 aliphatic heterocycles. The molecule has 0 unspecified atom stereocenters. The molecule has 1 aliphatic rings. The molecule has 1 aliphatic carbocycles. The van der Waals surface area contributed by atoms with Crippen LogP contribution in [0.15, 0.2) is 24.3 Å². The molecule has 0 spiro atoms. The Hall–Kier alpha value is -1.49. The lowest BCUT2D eigenvalue weighted by Gasteiger charge is -2.15. The van der Waals surface area contributed by atoms with Gasteiger partial charge in [0.15, 0.2) is 0 Å². The predicted molar refractivity (Wildman–Crippen MR) is 66.2 cm³/mol. The largest absolute Gasteiger partial charge is 0.384 e. The lowest BCUT2D eigenvalue weighted by molar-refractivity contribution is 0.557. The fourth-order valence-electron chi connectivity index (χ4n) is 2.04. The quantitative estimate of drug-likeness (QED) is 0.815. The Morgan fingerprint density at radius 1 is 1.38 bits per heavy atom. The van der Waals surface area contributed by atoms with Gasteiger partial charge >= 0.3 is 0 Å². The number of nitriles is 1. The van der Waals surface area contributed by atoms with Crippen molar-refractivity contribution in [2.24, 2.45) is 5.41 Å². The van der Waals surface area contributed by atoms with Crippen LogP contribution in [-0.4, -0.2) is 6.54 Å². The normalized spacial score (nSPS) is 16.5. The highest BCUT2D eigenvalue weighted by Gasteiger charge is 2.42. The summed E-state index contributed by atoms with van der Waals surface area (Å²) < 4.78 is 0. The van der Waals surface area contributed by atoms with E-state index in [9.17, 15) is 0 Å². The van der Waals surface area contributed by atoms with Gasteiger partial charge in [0, 0.05) is 24.1 Å². The average Bonchev–Trinajstić information content (AvgIpc) is 3.08. The highest BCUT2D eigenvalue weighted by atomic mass is 14.9. The number of para-hydroxylation sites is 1. The molecule has 2 nitrogen and oxygen atoms in total. The SMILES string of the molecule is CCc1ccccc1NCC1(CC#N)CC1. The Kier molecular flexibility index (Phi) is 3.14. The summed E-state index contributed by atoms with van der Waals surface area (Å²) in [5, 5.41) is 12.3. The highest BCUT2D eigenvalue weighted by molar-refractivity contribution is 5.51. The van der Waals surface area contributed by atoms with E-state index in [0.717, 1.165) is 13.0 Å². The summed E-state index contributed by atoms with van der Waals surface area (Å²) in [6.07, 6.45) is 4.13. The molecule has 1 aromatic rings. The minimum atomic E-state index is 0.273. The van der Waals surface area contributed by atoms with Crippen LogP contribution in [0.5, 0.6) is 0 Å². The third kappa shape index (κ3) is 2.36. The first-order valence-corrected chi connectivity index (χ1v) is 5.98. The summed E-state index contributed by atoms with van der Waals surface area (Å²) in [4.78, 5) is 0. The maximum absolute atomic E-state index is 8.76. The molecule has 16 heavy (non-hydrogen) atoms. The maximum Gasteiger partial charge on any atom is 0.0628 e. The summed E-state index contributed by atoms with van der Waals surface area (Å²) in [6.45, 7) is 3.11. The van der Waals surface area contributed by atoms with E-state index in [-0.39, 0.29) is 5.41 Å². The van der Waals surface area contributed by atoms with E-state index in [2.05, 4.69) is 42.6 Å². The van der Waals surface area contributed by atoms with Crippen LogP contribution >= 0.6 is 0 Å². The van der Waals surface area contributed by atoms with E-state index in [1.54, 1.807) is 0 Å². The zero-order chi connectivity index (χ0) is 11.4. The van der Waals surface area contributed by atoms with E-state index in [0.29, 0.717) is 6.42 Å². The first-order valence-electron chi connectivity index (χ1n) is 5.98. The van der Waals surface area contributed by atoms with Crippen LogP contribution in [0.1, 0.15) is 31.7 Å². The van der Waals surface area contributed by atoms with Gasteiger partial charge in [0.05, 0.1) is 6.07 Å². The summed E-state index contributed by atoms with van der Waals surface area (Å²) in [5.41, 5.74) is 2.86. The van der Waals surface area contributed by atoms with Crippen LogP contribution in [-0.2, 0) is 6.42 Å². The van der Waals surface area contributed by atoms with Crippen molar-refractivity contribution in [3.63, 3.8) is 0 Å². The number of anilines is 1. The second kappa shape index (κ2) is 4.57. The first kappa shape index (κ1) is 11.0. The van der Waals surface area contributed by atoms with Crippen molar-refractivity contribution in [3.8, 4) is 6.07 Å². The van der Waals surface area contributed by atoms with Crippen molar-refractivity contribution < 1.29 is 0 Å². The molecule has 2 heteroatoms. The van der Waals surface area contributed by atoms with Crippen LogP contribution < -0.4 is 5.32 Å². The number of nitrogens with one attached hydrogen (secondary N) is 1. The number of rotatable bonds is 5. The van der Waals surface area contributed by atoms with Crippen LogP contribution in [0, 0.1) is 16.7 Å². The second-order valence-electron chi connectivity index (χ2n) is 4.70. The van der Waals surface area contributed by atoms with Crippen molar-refractivity contribution >= 4 is 5.69 Å². The Morgan fingerprint density at radius 2 is 2.12 bits per heavy atom. The van der Waals surface area contributed by atoms with Gasteiger partial charge in [0.1, 0.15) is 0 Å². The molecule has 0 amide bonds. The molecular formula is C14H18N2. The van der Waals surface area contributed by atoms with Crippen LogP contribution in [0.2, 0.25) is 0 Å². The lowest BCUT2D eigenvalue weighted by atomic mass is 10.0. The average molecular weight is 214 g/mol. The number of hydrogen-bond donors (Lipinski definition) is 1. The highest BCUT2D eigenvalue weighted by Crippen LogP contribution is 2.48. The topological polar surface area (TPSA) is 35.8 Å². The Bertz CT molecular complexity index is 399. The molecule has 0 heterocycles. The summed E-state index contributed by atoms with van der Waals surface area (Å²) >= 11 is 0. The van der Waals surface area contributed by atoms with Crippen LogP contribution in [0.3, 0.4) is 0 Å². The molecule has 1 aromatic carbocycles. The monoisotopic (exact) mass is 214 g/mol. The number of hydrogen-bond acceptors (Lipinski definition) is 2. The minimum Gasteiger partial charge on any atom is -0.384 e. The zero-order valence-electron chi connectivity index (χ0n) is 9.79. The van der Waals surface area contributed by atoms with E-state index in [4.69, 9.17) is 5.26 Å². The summed E-state index contributed by atoms with van der Waals surface area (Å²) in [6, 6.07) is 10.7. The van der Waals surface area contributed by atoms with Gasteiger partial charge < -0.3 is 5.32 Å². The smallest absolute Gasteiger partial charge is 0.0628 e. The molecule has 0 bridgehead atoms. The maximum atomic E-state index is 8.76. The van der Waals surface area contributed by atoms with Crippen molar-refractivity contribution in [3.05, 3.63) is 29.8 Å². The second-order valence-corrected chi connectivity index (χ2v) is 4.70. The van der Waals surface area contributed by atoms with E-state index >= 15 is 0 Å². The third-order valence-electron chi connectivity index (χ3n) is 3.46. The molecular weight excluding hydrogens is 196 g/mol. The van der Waals surface area contributed by atoms with Gasteiger partial charge in [-0.15, -0.1) is 0 Å². The molecule has 1 N–H and O–H groups in total. The molecule has 1 fully saturated rings. The van der Waals surface area contributed by atoms with Gasteiger partial charge in [-0.05, 0) is 30.9 Å².